The topological polar surface area (TPSA) is 106 Å². The number of nitrogens with zero attached hydrogens (tertiary/aromatic N) is 3. The molecule has 8 nitrogen and oxygen atoms in total. The minimum absolute atomic E-state index is 0.213. The molecule has 0 aliphatic heterocycles. The summed E-state index contributed by atoms with van der Waals surface area (Å²) in [6, 6.07) is 14.0. The van der Waals surface area contributed by atoms with Crippen molar-refractivity contribution >= 4 is 23.4 Å². The molecule has 3 aromatic rings. The van der Waals surface area contributed by atoms with Gasteiger partial charge in [0.25, 0.3) is 5.91 Å². The molecule has 0 aliphatic carbocycles. The van der Waals surface area contributed by atoms with E-state index in [0.29, 0.717) is 22.9 Å². The van der Waals surface area contributed by atoms with Crippen molar-refractivity contribution in [1.29, 1.82) is 0 Å². The van der Waals surface area contributed by atoms with Gasteiger partial charge in [-0.1, -0.05) is 18.2 Å². The van der Waals surface area contributed by atoms with Gasteiger partial charge in [0.05, 0.1) is 30.1 Å². The van der Waals surface area contributed by atoms with Crippen molar-refractivity contribution in [1.82, 2.24) is 20.3 Å². The highest BCUT2D eigenvalue weighted by Crippen LogP contribution is 2.21. The summed E-state index contributed by atoms with van der Waals surface area (Å²) in [4.78, 5) is 37.3. The predicted octanol–water partition coefficient (Wildman–Crippen LogP) is 3.03. The van der Waals surface area contributed by atoms with Gasteiger partial charge in [-0.15, -0.1) is 0 Å². The van der Waals surface area contributed by atoms with Crippen molar-refractivity contribution in [2.45, 2.75) is 20.4 Å². The summed E-state index contributed by atoms with van der Waals surface area (Å²) >= 11 is 0. The molecule has 0 radical (unpaired) electrons. The van der Waals surface area contributed by atoms with E-state index in [-0.39, 0.29) is 24.8 Å². The van der Waals surface area contributed by atoms with E-state index < -0.39 is 5.97 Å². The predicted molar refractivity (Wildman–Crippen MR) is 108 cm³/mol. The molecule has 2 heterocycles. The summed E-state index contributed by atoms with van der Waals surface area (Å²) in [6.07, 6.45) is 1.67. The monoisotopic (exact) mass is 391 g/mol. The van der Waals surface area contributed by atoms with Gasteiger partial charge in [0, 0.05) is 12.3 Å². The number of amides is 1. The summed E-state index contributed by atoms with van der Waals surface area (Å²) in [5.74, 6) is 0.0430. The number of nitrogens with one attached hydrogen (secondary N) is 2. The Bertz CT molecular complexity index is 1010. The third-order valence-electron chi connectivity index (χ3n) is 3.91. The summed E-state index contributed by atoms with van der Waals surface area (Å²) in [5, 5.41) is 5.86. The minimum atomic E-state index is -0.435. The number of pyridine rings is 1. The van der Waals surface area contributed by atoms with E-state index in [0.717, 1.165) is 5.69 Å². The molecule has 148 valence electrons. The van der Waals surface area contributed by atoms with Crippen LogP contribution in [0.2, 0.25) is 0 Å². The number of rotatable bonds is 7. The second-order valence-electron chi connectivity index (χ2n) is 6.08. The summed E-state index contributed by atoms with van der Waals surface area (Å²) < 4.78 is 5.08. The molecule has 0 unspecified atom stereocenters. The average Bonchev–Trinajstić information content (AvgIpc) is 2.73. The van der Waals surface area contributed by atoms with Crippen LogP contribution in [-0.4, -0.2) is 33.4 Å². The van der Waals surface area contributed by atoms with Gasteiger partial charge in [0.15, 0.2) is 0 Å². The zero-order valence-corrected chi connectivity index (χ0v) is 16.2. The molecule has 1 amide bonds. The van der Waals surface area contributed by atoms with E-state index in [2.05, 4.69) is 25.6 Å². The Morgan fingerprint density at radius 1 is 1.07 bits per heavy atom. The highest BCUT2D eigenvalue weighted by atomic mass is 16.5. The summed E-state index contributed by atoms with van der Waals surface area (Å²) in [7, 11) is 0. The van der Waals surface area contributed by atoms with Crippen LogP contribution in [0.25, 0.3) is 0 Å². The van der Waals surface area contributed by atoms with Crippen LogP contribution in [0.15, 0.2) is 54.7 Å². The number of carbonyl (C=O) groups is 2. The standard InChI is InChI=1S/C21H21N5O3/c1-3-29-21(28)16-9-4-5-10-17(16)26-19-12-18(24-14(2)25-19)20(27)23-13-15-8-6-7-11-22-15/h4-12H,3,13H2,1-2H3,(H,23,27)(H,24,25,26). The van der Waals surface area contributed by atoms with Crippen LogP contribution in [0.4, 0.5) is 11.5 Å². The smallest absolute Gasteiger partial charge is 0.340 e. The van der Waals surface area contributed by atoms with Crippen LogP contribution < -0.4 is 10.6 Å². The number of ether oxygens (including phenoxy) is 1. The molecule has 0 atom stereocenters. The number of anilines is 2. The largest absolute Gasteiger partial charge is 0.462 e. The first kappa shape index (κ1) is 19.9. The van der Waals surface area contributed by atoms with E-state index in [4.69, 9.17) is 4.74 Å². The second kappa shape index (κ2) is 9.41. The Morgan fingerprint density at radius 2 is 1.86 bits per heavy atom. The van der Waals surface area contributed by atoms with Crippen LogP contribution >= 0.6 is 0 Å². The van der Waals surface area contributed by atoms with Crippen molar-refractivity contribution < 1.29 is 14.3 Å². The number of aryl methyl sites for hydroxylation is 1. The first-order valence-electron chi connectivity index (χ1n) is 9.13. The van der Waals surface area contributed by atoms with Crippen LogP contribution in [0.1, 0.15) is 39.3 Å². The first-order chi connectivity index (χ1) is 14.1. The van der Waals surface area contributed by atoms with Gasteiger partial charge in [-0.2, -0.15) is 0 Å². The van der Waals surface area contributed by atoms with Gasteiger partial charge >= 0.3 is 5.97 Å². The van der Waals surface area contributed by atoms with Gasteiger partial charge in [-0.05, 0) is 38.1 Å². The lowest BCUT2D eigenvalue weighted by molar-refractivity contribution is 0.0527. The molecule has 2 N–H and O–H groups in total. The Labute approximate surface area is 168 Å². The highest BCUT2D eigenvalue weighted by molar-refractivity contribution is 5.97. The molecule has 0 saturated heterocycles. The van der Waals surface area contributed by atoms with Gasteiger partial charge in [0.2, 0.25) is 0 Å². The van der Waals surface area contributed by atoms with Crippen LogP contribution in [0.5, 0.6) is 0 Å². The lowest BCUT2D eigenvalue weighted by atomic mass is 10.2. The third-order valence-corrected chi connectivity index (χ3v) is 3.91. The summed E-state index contributed by atoms with van der Waals surface area (Å²) in [5.41, 5.74) is 1.87. The Hall–Kier alpha value is -3.81. The molecule has 0 saturated carbocycles. The number of aromatic nitrogens is 3. The van der Waals surface area contributed by atoms with Gasteiger partial charge < -0.3 is 15.4 Å². The fourth-order valence-electron chi connectivity index (χ4n) is 2.63. The zero-order valence-electron chi connectivity index (χ0n) is 16.2. The maximum Gasteiger partial charge on any atom is 0.340 e. The minimum Gasteiger partial charge on any atom is -0.462 e. The van der Waals surface area contributed by atoms with Crippen LogP contribution in [-0.2, 0) is 11.3 Å². The van der Waals surface area contributed by atoms with Gasteiger partial charge in [-0.25, -0.2) is 14.8 Å². The molecule has 0 bridgehead atoms. The number of para-hydroxylation sites is 1. The van der Waals surface area contributed by atoms with Gasteiger partial charge in [-0.3, -0.25) is 9.78 Å². The normalized spacial score (nSPS) is 10.3. The fraction of sp³-hybridized carbons (Fsp3) is 0.190. The SMILES string of the molecule is CCOC(=O)c1ccccc1Nc1cc(C(=O)NCc2ccccn2)nc(C)n1. The first-order valence-corrected chi connectivity index (χ1v) is 9.13. The van der Waals surface area contributed by atoms with Crippen LogP contribution in [0, 0.1) is 6.92 Å². The fourth-order valence-corrected chi connectivity index (χ4v) is 2.63. The maximum atomic E-state index is 12.5. The third kappa shape index (κ3) is 5.35. The van der Waals surface area contributed by atoms with Crippen molar-refractivity contribution in [2.75, 3.05) is 11.9 Å². The Balaban J connectivity index is 1.78. The quantitative estimate of drug-likeness (QED) is 0.596. The number of hydrogen-bond donors (Lipinski definition) is 2. The van der Waals surface area contributed by atoms with E-state index in [9.17, 15) is 9.59 Å². The van der Waals surface area contributed by atoms with E-state index in [1.54, 1.807) is 44.3 Å². The number of benzene rings is 1. The van der Waals surface area contributed by atoms with Gasteiger partial charge in [0.1, 0.15) is 17.3 Å². The number of hydrogen-bond acceptors (Lipinski definition) is 7. The second-order valence-corrected chi connectivity index (χ2v) is 6.08. The molecule has 0 aliphatic rings. The zero-order chi connectivity index (χ0) is 20.6. The molecule has 3 rings (SSSR count). The lowest BCUT2D eigenvalue weighted by Crippen LogP contribution is -2.24. The van der Waals surface area contributed by atoms with Crippen LogP contribution in [0.3, 0.4) is 0 Å². The molecule has 2 aromatic heterocycles. The average molecular weight is 391 g/mol. The lowest BCUT2D eigenvalue weighted by Gasteiger charge is -2.12. The number of esters is 1. The molecular weight excluding hydrogens is 370 g/mol. The van der Waals surface area contributed by atoms with E-state index in [1.165, 1.54) is 6.07 Å². The number of carbonyl (C=O) groups excluding carboxylic acids is 2. The summed E-state index contributed by atoms with van der Waals surface area (Å²) in [6.45, 7) is 4.01. The van der Waals surface area contributed by atoms with Crippen molar-refractivity contribution in [3.63, 3.8) is 0 Å². The Kier molecular flexibility index (Phi) is 6.47. The molecule has 0 spiro atoms. The molecule has 8 heteroatoms. The molecule has 1 aromatic carbocycles. The van der Waals surface area contributed by atoms with E-state index in [1.807, 2.05) is 18.2 Å². The van der Waals surface area contributed by atoms with E-state index >= 15 is 0 Å². The molecule has 29 heavy (non-hydrogen) atoms. The molecular formula is C21H21N5O3. The Morgan fingerprint density at radius 3 is 2.62 bits per heavy atom. The van der Waals surface area contributed by atoms with Crippen molar-refractivity contribution in [2.24, 2.45) is 0 Å². The van der Waals surface area contributed by atoms with Crippen molar-refractivity contribution in [3.8, 4) is 0 Å². The maximum absolute atomic E-state index is 12.5. The molecule has 0 fully saturated rings. The van der Waals surface area contributed by atoms with Crippen molar-refractivity contribution in [3.05, 3.63) is 77.5 Å². The highest BCUT2D eigenvalue weighted by Gasteiger charge is 2.15.